The molecule has 0 aromatic rings. The Bertz CT molecular complexity index is 301. The van der Waals surface area contributed by atoms with E-state index in [1.54, 1.807) is 22.8 Å². The second-order valence-corrected chi connectivity index (χ2v) is 4.21. The van der Waals surface area contributed by atoms with E-state index in [0.717, 1.165) is 0 Å². The molecule has 0 radical (unpaired) electrons. The molecule has 0 fully saturated rings. The van der Waals surface area contributed by atoms with Gasteiger partial charge in [0.05, 0.1) is 19.2 Å². The first kappa shape index (κ1) is 17.6. The third-order valence-electron chi connectivity index (χ3n) is 2.98. The minimum atomic E-state index is -0.359. The van der Waals surface area contributed by atoms with E-state index in [-0.39, 0.29) is 24.5 Å². The number of rotatable bonds is 9. The molecule has 1 unspecified atom stereocenters. The van der Waals surface area contributed by atoms with Gasteiger partial charge in [0.2, 0.25) is 5.91 Å². The van der Waals surface area contributed by atoms with Gasteiger partial charge in [0.25, 0.3) is 0 Å². The van der Waals surface area contributed by atoms with Crippen molar-refractivity contribution in [3.8, 4) is 0 Å². The summed E-state index contributed by atoms with van der Waals surface area (Å²) in [7, 11) is 0. The van der Waals surface area contributed by atoms with E-state index in [9.17, 15) is 9.59 Å². The van der Waals surface area contributed by atoms with Gasteiger partial charge in [0.15, 0.2) is 0 Å². The number of esters is 1. The Morgan fingerprint density at radius 1 is 1.26 bits per heavy atom. The van der Waals surface area contributed by atoms with Gasteiger partial charge in [-0.05, 0) is 27.7 Å². The van der Waals surface area contributed by atoms with Crippen LogP contribution >= 0.6 is 0 Å². The van der Waals surface area contributed by atoms with Crippen LogP contribution in [0.2, 0.25) is 0 Å². The Labute approximate surface area is 116 Å². The van der Waals surface area contributed by atoms with Crippen LogP contribution < -0.4 is 0 Å². The Hall–Kier alpha value is -1.36. The smallest absolute Gasteiger partial charge is 0.320 e. The molecule has 0 rings (SSSR count). The third-order valence-corrected chi connectivity index (χ3v) is 2.98. The summed E-state index contributed by atoms with van der Waals surface area (Å²) in [6.07, 6.45) is 1.69. The molecule has 0 bridgehead atoms. The van der Waals surface area contributed by atoms with Gasteiger partial charge in [0, 0.05) is 19.6 Å². The fourth-order valence-corrected chi connectivity index (χ4v) is 1.85. The van der Waals surface area contributed by atoms with Crippen molar-refractivity contribution in [2.45, 2.75) is 33.7 Å². The van der Waals surface area contributed by atoms with Gasteiger partial charge >= 0.3 is 5.97 Å². The summed E-state index contributed by atoms with van der Waals surface area (Å²) in [4.78, 5) is 27.3. The molecule has 0 saturated carbocycles. The van der Waals surface area contributed by atoms with Gasteiger partial charge in [-0.3, -0.25) is 14.5 Å². The van der Waals surface area contributed by atoms with Crippen LogP contribution in [-0.4, -0.2) is 60.5 Å². The highest BCUT2D eigenvalue weighted by molar-refractivity contribution is 5.82. The normalized spacial score (nSPS) is 12.1. The average Bonchev–Trinajstić information content (AvgIpc) is 2.39. The number of carbonyl (C=O) groups is 2. The van der Waals surface area contributed by atoms with Crippen molar-refractivity contribution in [3.05, 3.63) is 12.7 Å². The summed E-state index contributed by atoms with van der Waals surface area (Å²) in [5.74, 6) is -0.292. The molecular weight excluding hydrogens is 244 g/mol. The summed E-state index contributed by atoms with van der Waals surface area (Å²) >= 11 is 0. The minimum Gasteiger partial charge on any atom is -0.465 e. The van der Waals surface area contributed by atoms with Crippen molar-refractivity contribution in [1.82, 2.24) is 9.80 Å². The zero-order valence-electron chi connectivity index (χ0n) is 12.5. The van der Waals surface area contributed by atoms with Crippen LogP contribution in [0.1, 0.15) is 27.7 Å². The van der Waals surface area contributed by atoms with Gasteiger partial charge in [-0.25, -0.2) is 0 Å². The number of amides is 1. The van der Waals surface area contributed by atoms with Crippen LogP contribution in [-0.2, 0) is 14.3 Å². The molecule has 5 heteroatoms. The average molecular weight is 270 g/mol. The van der Waals surface area contributed by atoms with Crippen LogP contribution in [0.3, 0.4) is 0 Å². The molecule has 0 N–H and O–H groups in total. The predicted molar refractivity (Wildman–Crippen MR) is 75.8 cm³/mol. The molecule has 0 aliphatic carbocycles. The maximum atomic E-state index is 12.3. The highest BCUT2D eigenvalue weighted by Crippen LogP contribution is 2.05. The molecule has 0 aliphatic rings. The summed E-state index contributed by atoms with van der Waals surface area (Å²) in [5.41, 5.74) is 0. The molecule has 5 nitrogen and oxygen atoms in total. The monoisotopic (exact) mass is 270 g/mol. The zero-order valence-corrected chi connectivity index (χ0v) is 12.5. The maximum absolute atomic E-state index is 12.3. The molecule has 0 aromatic carbocycles. The summed E-state index contributed by atoms with van der Waals surface area (Å²) in [5, 5.41) is 0. The molecule has 0 saturated heterocycles. The lowest BCUT2D eigenvalue weighted by molar-refractivity contribution is -0.146. The topological polar surface area (TPSA) is 49.9 Å². The first-order valence-electron chi connectivity index (χ1n) is 6.81. The SMILES string of the molecule is C=CCN(CC(=O)OCC)C(C)C(=O)N(CC)CC. The Balaban J connectivity index is 4.71. The number of likely N-dealkylation sites (N-methyl/N-ethyl adjacent to an activating group) is 1. The van der Waals surface area contributed by atoms with E-state index in [0.29, 0.717) is 26.2 Å². The van der Waals surface area contributed by atoms with E-state index in [1.165, 1.54) is 0 Å². The van der Waals surface area contributed by atoms with Crippen molar-refractivity contribution >= 4 is 11.9 Å². The molecule has 19 heavy (non-hydrogen) atoms. The van der Waals surface area contributed by atoms with Crippen LogP contribution in [0.4, 0.5) is 0 Å². The lowest BCUT2D eigenvalue weighted by Crippen LogP contribution is -2.49. The van der Waals surface area contributed by atoms with Crippen LogP contribution in [0.25, 0.3) is 0 Å². The number of hydrogen-bond acceptors (Lipinski definition) is 4. The second kappa shape index (κ2) is 9.55. The Morgan fingerprint density at radius 3 is 2.26 bits per heavy atom. The molecule has 1 atom stereocenters. The van der Waals surface area contributed by atoms with Crippen LogP contribution in [0.15, 0.2) is 12.7 Å². The van der Waals surface area contributed by atoms with Gasteiger partial charge in [0.1, 0.15) is 0 Å². The first-order valence-corrected chi connectivity index (χ1v) is 6.81. The van der Waals surface area contributed by atoms with Crippen molar-refractivity contribution in [2.75, 3.05) is 32.8 Å². The fourth-order valence-electron chi connectivity index (χ4n) is 1.85. The standard InChI is InChI=1S/C14H26N2O3/c1-6-10-16(11-13(17)19-9-4)12(5)14(18)15(7-2)8-3/h6,12H,1,7-11H2,2-5H3. The minimum absolute atomic E-state index is 0.0242. The highest BCUT2D eigenvalue weighted by Gasteiger charge is 2.25. The number of ether oxygens (including phenoxy) is 1. The molecule has 0 aliphatic heterocycles. The molecule has 0 heterocycles. The molecular formula is C14H26N2O3. The quantitative estimate of drug-likeness (QED) is 0.468. The number of hydrogen-bond donors (Lipinski definition) is 0. The summed E-state index contributed by atoms with van der Waals surface area (Å²) in [6, 6.07) is -0.359. The first-order chi connectivity index (χ1) is 9.01. The maximum Gasteiger partial charge on any atom is 0.320 e. The van der Waals surface area contributed by atoms with E-state index < -0.39 is 0 Å². The van der Waals surface area contributed by atoms with Crippen LogP contribution in [0, 0.1) is 0 Å². The second-order valence-electron chi connectivity index (χ2n) is 4.21. The molecule has 0 aromatic heterocycles. The number of carbonyl (C=O) groups excluding carboxylic acids is 2. The predicted octanol–water partition coefficient (Wildman–Crippen LogP) is 1.29. The van der Waals surface area contributed by atoms with E-state index in [2.05, 4.69) is 6.58 Å². The van der Waals surface area contributed by atoms with Gasteiger partial charge in [-0.2, -0.15) is 0 Å². The largest absolute Gasteiger partial charge is 0.465 e. The van der Waals surface area contributed by atoms with Crippen LogP contribution in [0.5, 0.6) is 0 Å². The molecule has 110 valence electrons. The van der Waals surface area contributed by atoms with Gasteiger partial charge in [-0.15, -0.1) is 6.58 Å². The van der Waals surface area contributed by atoms with Crippen molar-refractivity contribution in [1.29, 1.82) is 0 Å². The molecule has 1 amide bonds. The van der Waals surface area contributed by atoms with E-state index >= 15 is 0 Å². The third kappa shape index (κ3) is 5.87. The Morgan fingerprint density at radius 2 is 1.84 bits per heavy atom. The lowest BCUT2D eigenvalue weighted by Gasteiger charge is -2.30. The zero-order chi connectivity index (χ0) is 14.8. The highest BCUT2D eigenvalue weighted by atomic mass is 16.5. The van der Waals surface area contributed by atoms with E-state index in [1.807, 2.05) is 20.8 Å². The molecule has 0 spiro atoms. The van der Waals surface area contributed by atoms with Gasteiger partial charge in [-0.1, -0.05) is 6.08 Å². The van der Waals surface area contributed by atoms with E-state index in [4.69, 9.17) is 4.74 Å². The van der Waals surface area contributed by atoms with Crippen molar-refractivity contribution < 1.29 is 14.3 Å². The Kier molecular flexibility index (Phi) is 8.87. The lowest BCUT2D eigenvalue weighted by atomic mass is 10.2. The fraction of sp³-hybridized carbons (Fsp3) is 0.714. The summed E-state index contributed by atoms with van der Waals surface area (Å²) in [6.45, 7) is 13.4. The van der Waals surface area contributed by atoms with Gasteiger partial charge < -0.3 is 9.64 Å². The van der Waals surface area contributed by atoms with Crippen molar-refractivity contribution in [3.63, 3.8) is 0 Å². The van der Waals surface area contributed by atoms with Crippen molar-refractivity contribution in [2.24, 2.45) is 0 Å². The summed E-state index contributed by atoms with van der Waals surface area (Å²) < 4.78 is 4.92. The number of nitrogens with zero attached hydrogens (tertiary/aromatic N) is 2.